The molecule has 2 unspecified atom stereocenters. The number of carboxylic acids is 1. The van der Waals surface area contributed by atoms with Crippen LogP contribution in [0, 0.1) is 11.7 Å². The van der Waals surface area contributed by atoms with E-state index in [1.165, 1.54) is 24.3 Å². The molecule has 0 fully saturated rings. The second-order valence-corrected chi connectivity index (χ2v) is 9.08. The van der Waals surface area contributed by atoms with Crippen LogP contribution in [0.5, 0.6) is 5.88 Å². The second-order valence-electron chi connectivity index (χ2n) is 8.68. The van der Waals surface area contributed by atoms with Crippen molar-refractivity contribution < 1.29 is 28.9 Å². The van der Waals surface area contributed by atoms with E-state index >= 15 is 0 Å². The fourth-order valence-corrected chi connectivity index (χ4v) is 3.43. The van der Waals surface area contributed by atoms with Crippen LogP contribution in [-0.4, -0.2) is 44.1 Å². The Morgan fingerprint density at radius 2 is 1.86 bits per heavy atom. The van der Waals surface area contributed by atoms with Crippen LogP contribution in [0.3, 0.4) is 0 Å². The summed E-state index contributed by atoms with van der Waals surface area (Å²) in [6.45, 7) is 5.13. The first-order chi connectivity index (χ1) is 16.5. The van der Waals surface area contributed by atoms with Crippen molar-refractivity contribution in [1.82, 2.24) is 15.1 Å². The van der Waals surface area contributed by atoms with Gasteiger partial charge in [-0.25, -0.2) is 4.39 Å². The van der Waals surface area contributed by atoms with Crippen molar-refractivity contribution >= 4 is 23.5 Å². The number of aliphatic hydroxyl groups is 1. The molecule has 3 aromatic rings. The number of amides is 1. The van der Waals surface area contributed by atoms with Gasteiger partial charge in [0.1, 0.15) is 18.1 Å². The topological polar surface area (TPSA) is 114 Å². The first kappa shape index (κ1) is 26.2. The van der Waals surface area contributed by atoms with Gasteiger partial charge in [0.2, 0.25) is 5.88 Å². The van der Waals surface area contributed by atoms with Crippen molar-refractivity contribution in [1.29, 1.82) is 0 Å². The third kappa shape index (κ3) is 6.37. The standard InChI is InChI=1S/C25H27ClFN3O5/c1-15(2)25(3,34)14-35-22-12-20(29-30(22)21-11-7-6-10-18(21)27)24(33)28-19(13-23(31)32)16-8-4-5-9-17(16)26/h4-12,15,19,34H,13-14H2,1-3H3,(H,28,33)(H,31,32). The molecule has 1 aromatic heterocycles. The summed E-state index contributed by atoms with van der Waals surface area (Å²) in [5.74, 6) is -2.53. The van der Waals surface area contributed by atoms with Crippen molar-refractivity contribution in [2.24, 2.45) is 5.92 Å². The molecule has 1 heterocycles. The van der Waals surface area contributed by atoms with E-state index in [0.29, 0.717) is 10.6 Å². The van der Waals surface area contributed by atoms with Crippen LogP contribution in [0.4, 0.5) is 4.39 Å². The first-order valence-electron chi connectivity index (χ1n) is 11.0. The van der Waals surface area contributed by atoms with Crippen molar-refractivity contribution in [3.63, 3.8) is 0 Å². The highest BCUT2D eigenvalue weighted by atomic mass is 35.5. The van der Waals surface area contributed by atoms with Gasteiger partial charge in [-0.1, -0.05) is 55.8 Å². The van der Waals surface area contributed by atoms with Crippen LogP contribution in [0.25, 0.3) is 5.69 Å². The molecule has 1 amide bonds. The lowest BCUT2D eigenvalue weighted by atomic mass is 9.94. The minimum atomic E-state index is -1.19. The van der Waals surface area contributed by atoms with Crippen LogP contribution >= 0.6 is 11.6 Å². The summed E-state index contributed by atoms with van der Waals surface area (Å²) in [5.41, 5.74) is -0.847. The molecule has 0 aliphatic rings. The van der Waals surface area contributed by atoms with Crippen LogP contribution < -0.4 is 10.1 Å². The molecule has 10 heteroatoms. The lowest BCUT2D eigenvalue weighted by Crippen LogP contribution is -2.38. The van der Waals surface area contributed by atoms with Crippen molar-refractivity contribution in [2.45, 2.75) is 38.8 Å². The fraction of sp³-hybridized carbons (Fsp3) is 0.320. The number of benzene rings is 2. The van der Waals surface area contributed by atoms with Gasteiger partial charge >= 0.3 is 5.97 Å². The van der Waals surface area contributed by atoms with E-state index in [4.69, 9.17) is 16.3 Å². The highest BCUT2D eigenvalue weighted by Crippen LogP contribution is 2.27. The molecule has 0 bridgehead atoms. The van der Waals surface area contributed by atoms with Gasteiger partial charge < -0.3 is 20.3 Å². The highest BCUT2D eigenvalue weighted by Gasteiger charge is 2.28. The van der Waals surface area contributed by atoms with Gasteiger partial charge in [0, 0.05) is 11.1 Å². The number of aromatic nitrogens is 2. The number of carbonyl (C=O) groups is 2. The average Bonchev–Trinajstić information content (AvgIpc) is 3.22. The predicted octanol–water partition coefficient (Wildman–Crippen LogP) is 4.40. The van der Waals surface area contributed by atoms with Crippen molar-refractivity contribution in [2.75, 3.05) is 6.61 Å². The molecule has 0 radical (unpaired) electrons. The number of para-hydroxylation sites is 1. The zero-order valence-electron chi connectivity index (χ0n) is 19.5. The van der Waals surface area contributed by atoms with Crippen LogP contribution in [0.2, 0.25) is 5.02 Å². The molecule has 35 heavy (non-hydrogen) atoms. The summed E-state index contributed by atoms with van der Waals surface area (Å²) in [4.78, 5) is 24.5. The van der Waals surface area contributed by atoms with E-state index in [-0.39, 0.29) is 29.8 Å². The van der Waals surface area contributed by atoms with Gasteiger partial charge in [-0.2, -0.15) is 9.78 Å². The van der Waals surface area contributed by atoms with Gasteiger partial charge in [-0.05, 0) is 36.6 Å². The minimum Gasteiger partial charge on any atom is -0.481 e. The number of rotatable bonds is 10. The quantitative estimate of drug-likeness (QED) is 0.378. The summed E-state index contributed by atoms with van der Waals surface area (Å²) in [6.07, 6.45) is -0.413. The number of halogens is 2. The zero-order valence-corrected chi connectivity index (χ0v) is 20.3. The molecule has 0 saturated carbocycles. The van der Waals surface area contributed by atoms with E-state index in [2.05, 4.69) is 10.4 Å². The van der Waals surface area contributed by atoms with Crippen molar-refractivity contribution in [3.05, 3.63) is 76.7 Å². The number of ether oxygens (including phenoxy) is 1. The summed E-state index contributed by atoms with van der Waals surface area (Å²) in [6, 6.07) is 12.8. The third-order valence-electron chi connectivity index (χ3n) is 5.71. The third-order valence-corrected chi connectivity index (χ3v) is 6.05. The number of nitrogens with one attached hydrogen (secondary N) is 1. The van der Waals surface area contributed by atoms with Gasteiger partial charge in [-0.15, -0.1) is 0 Å². The van der Waals surface area contributed by atoms with E-state index in [9.17, 15) is 24.2 Å². The van der Waals surface area contributed by atoms with E-state index in [0.717, 1.165) is 4.68 Å². The molecule has 3 N–H and O–H groups in total. The zero-order chi connectivity index (χ0) is 25.8. The van der Waals surface area contributed by atoms with Crippen LogP contribution in [0.1, 0.15) is 49.3 Å². The Balaban J connectivity index is 1.96. The number of aliphatic carboxylic acids is 1. The van der Waals surface area contributed by atoms with Gasteiger partial charge in [0.05, 0.1) is 18.1 Å². The van der Waals surface area contributed by atoms with Crippen molar-refractivity contribution in [3.8, 4) is 11.6 Å². The molecule has 3 rings (SSSR count). The average molecular weight is 504 g/mol. The minimum absolute atomic E-state index is 0.0358. The summed E-state index contributed by atoms with van der Waals surface area (Å²) in [7, 11) is 0. The Bertz CT molecular complexity index is 1210. The van der Waals surface area contributed by atoms with Crippen LogP contribution in [-0.2, 0) is 4.79 Å². The Kier molecular flexibility index (Phi) is 8.14. The van der Waals surface area contributed by atoms with Gasteiger partial charge in [0.15, 0.2) is 5.69 Å². The largest absolute Gasteiger partial charge is 0.481 e. The molecule has 0 spiro atoms. The van der Waals surface area contributed by atoms with Crippen LogP contribution in [0.15, 0.2) is 54.6 Å². The Morgan fingerprint density at radius 3 is 2.49 bits per heavy atom. The Morgan fingerprint density at radius 1 is 1.20 bits per heavy atom. The predicted molar refractivity (Wildman–Crippen MR) is 128 cm³/mol. The molecule has 2 aromatic carbocycles. The lowest BCUT2D eigenvalue weighted by molar-refractivity contribution is -0.137. The highest BCUT2D eigenvalue weighted by molar-refractivity contribution is 6.31. The second kappa shape index (κ2) is 10.9. The molecule has 0 aliphatic carbocycles. The summed E-state index contributed by atoms with van der Waals surface area (Å²) in [5, 5.41) is 27.1. The molecular formula is C25H27ClFN3O5. The molecule has 0 saturated heterocycles. The molecule has 0 aliphatic heterocycles. The number of nitrogens with zero attached hydrogens (tertiary/aromatic N) is 2. The van der Waals surface area contributed by atoms with Gasteiger partial charge in [-0.3, -0.25) is 9.59 Å². The summed E-state index contributed by atoms with van der Waals surface area (Å²) < 4.78 is 21.4. The first-order valence-corrected chi connectivity index (χ1v) is 11.3. The van der Waals surface area contributed by atoms with E-state index < -0.39 is 35.8 Å². The molecule has 2 atom stereocenters. The molecular weight excluding hydrogens is 477 g/mol. The maximum absolute atomic E-state index is 14.5. The Hall–Kier alpha value is -3.43. The fourth-order valence-electron chi connectivity index (χ4n) is 3.16. The smallest absolute Gasteiger partial charge is 0.305 e. The number of carboxylic acid groups (broad SMARTS) is 1. The normalized spacial score (nSPS) is 13.8. The Labute approximate surface area is 207 Å². The van der Waals surface area contributed by atoms with E-state index in [1.54, 1.807) is 37.3 Å². The van der Waals surface area contributed by atoms with Gasteiger partial charge in [0.25, 0.3) is 5.91 Å². The maximum Gasteiger partial charge on any atom is 0.305 e. The number of hydrogen-bond donors (Lipinski definition) is 3. The SMILES string of the molecule is CC(C)C(C)(O)COc1cc(C(=O)NC(CC(=O)O)c2ccccc2Cl)nn1-c1ccccc1F. The number of hydrogen-bond acceptors (Lipinski definition) is 5. The lowest BCUT2D eigenvalue weighted by Gasteiger charge is -2.27. The molecule has 8 nitrogen and oxygen atoms in total. The van der Waals surface area contributed by atoms with E-state index in [1.807, 2.05) is 13.8 Å². The summed E-state index contributed by atoms with van der Waals surface area (Å²) >= 11 is 6.22. The molecule has 186 valence electrons. The monoisotopic (exact) mass is 503 g/mol. The number of carbonyl (C=O) groups excluding carboxylic acids is 1. The maximum atomic E-state index is 14.5.